The van der Waals surface area contributed by atoms with Crippen LogP contribution in [0.5, 0.6) is 11.5 Å². The molecule has 1 heterocycles. The fourth-order valence-corrected chi connectivity index (χ4v) is 5.86. The van der Waals surface area contributed by atoms with Gasteiger partial charge in [-0.1, -0.05) is 17.7 Å². The predicted octanol–water partition coefficient (Wildman–Crippen LogP) is 3.13. The van der Waals surface area contributed by atoms with Gasteiger partial charge in [-0.05, 0) is 56.2 Å². The Bertz CT molecular complexity index is 1100. The Labute approximate surface area is 199 Å². The van der Waals surface area contributed by atoms with Crippen LogP contribution in [0.4, 0.5) is 0 Å². The Morgan fingerprint density at radius 1 is 1.09 bits per heavy atom. The fraction of sp³-hybridized carbons (Fsp3) is 0.435. The van der Waals surface area contributed by atoms with Gasteiger partial charge in [-0.2, -0.15) is 4.31 Å². The Kier molecular flexibility index (Phi) is 8.23. The molecule has 1 aliphatic rings. The average molecular weight is 497 g/mol. The normalized spacial score (nSPS) is 19.2. The standard InChI is InChI=1S/C23H29ClN2O6S/c1-15-13-26(14-16(2)32-15)33(28,29)22-12-18(6-7-19(22)24)23(27)25-10-9-17-5-8-20(30-3)21(11-17)31-4/h5-8,11-12,15-16H,9-10,13-14H2,1-4H3,(H,25,27). The maximum atomic E-state index is 13.2. The van der Waals surface area contributed by atoms with E-state index in [9.17, 15) is 13.2 Å². The van der Waals surface area contributed by atoms with Crippen LogP contribution in [0.25, 0.3) is 0 Å². The maximum Gasteiger partial charge on any atom is 0.251 e. The molecule has 1 saturated heterocycles. The summed E-state index contributed by atoms with van der Waals surface area (Å²) in [5, 5.41) is 2.90. The molecule has 1 N–H and O–H groups in total. The first-order chi connectivity index (χ1) is 15.6. The number of benzene rings is 2. The van der Waals surface area contributed by atoms with Crippen LogP contribution in [-0.4, -0.2) is 64.7 Å². The number of hydrogen-bond acceptors (Lipinski definition) is 6. The molecular weight excluding hydrogens is 468 g/mol. The number of carbonyl (C=O) groups excluding carboxylic acids is 1. The van der Waals surface area contributed by atoms with E-state index in [-0.39, 0.29) is 46.7 Å². The van der Waals surface area contributed by atoms with Gasteiger partial charge in [0.1, 0.15) is 4.90 Å². The number of sulfonamides is 1. The van der Waals surface area contributed by atoms with Crippen molar-refractivity contribution in [2.75, 3.05) is 33.9 Å². The monoisotopic (exact) mass is 496 g/mol. The van der Waals surface area contributed by atoms with Crippen LogP contribution in [0.3, 0.4) is 0 Å². The van der Waals surface area contributed by atoms with Gasteiger partial charge in [-0.25, -0.2) is 8.42 Å². The van der Waals surface area contributed by atoms with Gasteiger partial charge < -0.3 is 19.5 Å². The van der Waals surface area contributed by atoms with E-state index >= 15 is 0 Å². The van der Waals surface area contributed by atoms with Gasteiger partial charge in [0.25, 0.3) is 5.91 Å². The highest BCUT2D eigenvalue weighted by Crippen LogP contribution is 2.29. The third-order valence-corrected chi connectivity index (χ3v) is 7.66. The zero-order valence-electron chi connectivity index (χ0n) is 19.1. The van der Waals surface area contributed by atoms with Crippen LogP contribution < -0.4 is 14.8 Å². The molecule has 2 atom stereocenters. The number of morpholine rings is 1. The molecule has 2 aromatic rings. The van der Waals surface area contributed by atoms with Gasteiger partial charge in [0.2, 0.25) is 10.0 Å². The largest absolute Gasteiger partial charge is 0.493 e. The molecule has 0 radical (unpaired) electrons. The number of rotatable bonds is 8. The minimum absolute atomic E-state index is 0.0728. The Morgan fingerprint density at radius 3 is 2.39 bits per heavy atom. The summed E-state index contributed by atoms with van der Waals surface area (Å²) in [7, 11) is -0.745. The van der Waals surface area contributed by atoms with Crippen molar-refractivity contribution in [3.8, 4) is 11.5 Å². The van der Waals surface area contributed by atoms with Crippen molar-refractivity contribution in [1.29, 1.82) is 0 Å². The lowest BCUT2D eigenvalue weighted by molar-refractivity contribution is -0.0440. The summed E-state index contributed by atoms with van der Waals surface area (Å²) in [5.41, 5.74) is 1.18. The second-order valence-corrected chi connectivity index (χ2v) is 10.2. The van der Waals surface area contributed by atoms with Crippen molar-refractivity contribution in [2.45, 2.75) is 37.4 Å². The zero-order chi connectivity index (χ0) is 24.2. The number of ether oxygens (including phenoxy) is 3. The Morgan fingerprint density at radius 2 is 1.76 bits per heavy atom. The lowest BCUT2D eigenvalue weighted by Gasteiger charge is -2.34. The number of methoxy groups -OCH3 is 2. The van der Waals surface area contributed by atoms with Crippen LogP contribution >= 0.6 is 11.6 Å². The predicted molar refractivity (Wildman–Crippen MR) is 126 cm³/mol. The summed E-state index contributed by atoms with van der Waals surface area (Å²) in [4.78, 5) is 12.6. The molecule has 1 aliphatic heterocycles. The van der Waals surface area contributed by atoms with Crippen molar-refractivity contribution < 1.29 is 27.4 Å². The molecule has 3 rings (SSSR count). The summed E-state index contributed by atoms with van der Waals surface area (Å²) >= 11 is 6.22. The van der Waals surface area contributed by atoms with E-state index in [0.29, 0.717) is 24.5 Å². The van der Waals surface area contributed by atoms with Crippen LogP contribution in [-0.2, 0) is 21.2 Å². The van der Waals surface area contributed by atoms with Gasteiger partial charge in [0.05, 0.1) is 31.5 Å². The van der Waals surface area contributed by atoms with Gasteiger partial charge >= 0.3 is 0 Å². The Hall–Kier alpha value is -2.33. The molecule has 180 valence electrons. The quantitative estimate of drug-likeness (QED) is 0.603. The van der Waals surface area contributed by atoms with E-state index in [2.05, 4.69) is 5.32 Å². The van der Waals surface area contributed by atoms with Crippen LogP contribution in [0.15, 0.2) is 41.3 Å². The van der Waals surface area contributed by atoms with Crippen molar-refractivity contribution >= 4 is 27.5 Å². The Balaban J connectivity index is 1.70. The third kappa shape index (κ3) is 5.97. The first kappa shape index (κ1) is 25.3. The molecule has 2 aromatic carbocycles. The van der Waals surface area contributed by atoms with E-state index < -0.39 is 10.0 Å². The highest BCUT2D eigenvalue weighted by molar-refractivity contribution is 7.89. The molecule has 1 amide bonds. The molecule has 2 unspecified atom stereocenters. The van der Waals surface area contributed by atoms with E-state index in [1.54, 1.807) is 20.3 Å². The van der Waals surface area contributed by atoms with Gasteiger partial charge in [-0.15, -0.1) is 0 Å². The summed E-state index contributed by atoms with van der Waals surface area (Å²) in [5.74, 6) is 0.858. The molecule has 8 nitrogen and oxygen atoms in total. The summed E-state index contributed by atoms with van der Waals surface area (Å²) in [6.07, 6.45) is 0.102. The number of nitrogens with zero attached hydrogens (tertiary/aromatic N) is 1. The first-order valence-corrected chi connectivity index (χ1v) is 12.4. The molecule has 33 heavy (non-hydrogen) atoms. The van der Waals surface area contributed by atoms with Crippen LogP contribution in [0.2, 0.25) is 5.02 Å². The molecule has 0 spiro atoms. The summed E-state index contributed by atoms with van der Waals surface area (Å²) < 4.78 is 43.9. The van der Waals surface area contributed by atoms with Gasteiger partial charge in [-0.3, -0.25) is 4.79 Å². The van der Waals surface area contributed by atoms with Crippen molar-refractivity contribution in [3.05, 3.63) is 52.5 Å². The highest BCUT2D eigenvalue weighted by Gasteiger charge is 2.33. The van der Waals surface area contributed by atoms with Gasteiger partial charge in [0, 0.05) is 25.2 Å². The lowest BCUT2D eigenvalue weighted by atomic mass is 10.1. The summed E-state index contributed by atoms with van der Waals surface area (Å²) in [6.45, 7) is 4.46. The SMILES string of the molecule is COc1ccc(CCNC(=O)c2ccc(Cl)c(S(=O)(=O)N3CC(C)OC(C)C3)c2)cc1OC. The molecule has 0 bridgehead atoms. The van der Waals surface area contributed by atoms with E-state index in [0.717, 1.165) is 5.56 Å². The smallest absolute Gasteiger partial charge is 0.251 e. The van der Waals surface area contributed by atoms with Crippen molar-refractivity contribution in [1.82, 2.24) is 9.62 Å². The second kappa shape index (κ2) is 10.7. The number of carbonyl (C=O) groups is 1. The number of amides is 1. The first-order valence-electron chi connectivity index (χ1n) is 10.6. The fourth-order valence-electron chi connectivity index (χ4n) is 3.77. The molecule has 10 heteroatoms. The lowest BCUT2D eigenvalue weighted by Crippen LogP contribution is -2.48. The number of halogens is 1. The van der Waals surface area contributed by atoms with Crippen molar-refractivity contribution in [3.63, 3.8) is 0 Å². The second-order valence-electron chi connectivity index (χ2n) is 7.92. The minimum Gasteiger partial charge on any atom is -0.493 e. The van der Waals surface area contributed by atoms with E-state index in [1.807, 2.05) is 26.0 Å². The molecule has 0 saturated carbocycles. The maximum absolute atomic E-state index is 13.2. The summed E-state index contributed by atoms with van der Waals surface area (Å²) in [6, 6.07) is 9.82. The molecular formula is C23H29ClN2O6S. The topological polar surface area (TPSA) is 94.2 Å². The van der Waals surface area contributed by atoms with E-state index in [1.165, 1.54) is 22.5 Å². The van der Waals surface area contributed by atoms with Crippen molar-refractivity contribution in [2.24, 2.45) is 0 Å². The number of nitrogens with one attached hydrogen (secondary N) is 1. The van der Waals surface area contributed by atoms with Gasteiger partial charge in [0.15, 0.2) is 11.5 Å². The zero-order valence-corrected chi connectivity index (χ0v) is 20.7. The molecule has 0 aromatic heterocycles. The third-order valence-electron chi connectivity index (χ3n) is 5.34. The highest BCUT2D eigenvalue weighted by atomic mass is 35.5. The molecule has 1 fully saturated rings. The number of hydrogen-bond donors (Lipinski definition) is 1. The van der Waals surface area contributed by atoms with Crippen LogP contribution in [0.1, 0.15) is 29.8 Å². The average Bonchev–Trinajstić information content (AvgIpc) is 2.78. The molecule has 0 aliphatic carbocycles. The van der Waals surface area contributed by atoms with Crippen LogP contribution in [0, 0.1) is 0 Å². The minimum atomic E-state index is -3.88. The van der Waals surface area contributed by atoms with E-state index in [4.69, 9.17) is 25.8 Å².